The second-order valence-corrected chi connectivity index (χ2v) is 6.35. The van der Waals surface area contributed by atoms with Crippen LogP contribution in [0.3, 0.4) is 0 Å². The lowest BCUT2D eigenvalue weighted by molar-refractivity contribution is -0.131. The molecule has 0 saturated carbocycles. The maximum atomic E-state index is 11.5. The number of imide groups is 1. The van der Waals surface area contributed by atoms with Crippen LogP contribution < -0.4 is 0 Å². The first-order chi connectivity index (χ1) is 8.63. The van der Waals surface area contributed by atoms with Crippen LogP contribution in [0.5, 0.6) is 0 Å². The van der Waals surface area contributed by atoms with Crippen LogP contribution in [0.4, 0.5) is 0 Å². The summed E-state index contributed by atoms with van der Waals surface area (Å²) in [5.41, 5.74) is 2.07. The molecule has 2 amide bonds. The van der Waals surface area contributed by atoms with Crippen molar-refractivity contribution in [3.63, 3.8) is 0 Å². The van der Waals surface area contributed by atoms with Gasteiger partial charge in [0.1, 0.15) is 0 Å². The predicted molar refractivity (Wildman–Crippen MR) is 71.3 cm³/mol. The number of nitrogens with zero attached hydrogens (tertiary/aromatic N) is 2. The normalized spacial score (nSPS) is 15.9. The van der Waals surface area contributed by atoms with E-state index in [0.717, 1.165) is 32.1 Å². The Bertz CT molecular complexity index is 635. The van der Waals surface area contributed by atoms with E-state index in [1.165, 1.54) is 15.6 Å². The summed E-state index contributed by atoms with van der Waals surface area (Å²) >= 11 is 2.64. The molecular formula is C12H10N2O2S2. The monoisotopic (exact) mass is 278 g/mol. The molecule has 0 unspecified atom stereocenters. The summed E-state index contributed by atoms with van der Waals surface area (Å²) in [5, 5.41) is 0. The van der Waals surface area contributed by atoms with Crippen molar-refractivity contribution in [3.05, 3.63) is 23.8 Å². The molecule has 92 valence electrons. The van der Waals surface area contributed by atoms with E-state index in [-0.39, 0.29) is 11.8 Å². The molecule has 0 radical (unpaired) electrons. The maximum Gasteiger partial charge on any atom is 0.240 e. The lowest BCUT2D eigenvalue weighted by Gasteiger charge is -2.08. The first-order valence-electron chi connectivity index (χ1n) is 5.54. The average molecular weight is 278 g/mol. The summed E-state index contributed by atoms with van der Waals surface area (Å²) in [6.07, 6.45) is 0.631. The lowest BCUT2D eigenvalue weighted by Crippen LogP contribution is -2.20. The van der Waals surface area contributed by atoms with E-state index >= 15 is 0 Å². The van der Waals surface area contributed by atoms with Crippen LogP contribution in [0.15, 0.2) is 22.5 Å². The van der Waals surface area contributed by atoms with E-state index in [1.807, 2.05) is 25.1 Å². The smallest absolute Gasteiger partial charge is 0.240 e. The zero-order chi connectivity index (χ0) is 12.7. The summed E-state index contributed by atoms with van der Waals surface area (Å²) in [6, 6.07) is 6.05. The molecule has 0 N–H and O–H groups in total. The van der Waals surface area contributed by atoms with Gasteiger partial charge < -0.3 is 0 Å². The number of aromatic nitrogens is 1. The molecule has 2 heterocycles. The highest BCUT2D eigenvalue weighted by Gasteiger charge is 2.30. The largest absolute Gasteiger partial charge is 0.273 e. The Morgan fingerprint density at radius 3 is 2.72 bits per heavy atom. The highest BCUT2D eigenvalue weighted by atomic mass is 32.2. The number of thiazole rings is 1. The van der Waals surface area contributed by atoms with Gasteiger partial charge in [0.15, 0.2) is 4.34 Å². The molecule has 1 saturated heterocycles. The topological polar surface area (TPSA) is 50.3 Å². The summed E-state index contributed by atoms with van der Waals surface area (Å²) in [7, 11) is 0. The van der Waals surface area contributed by atoms with Gasteiger partial charge in [-0.05, 0) is 24.6 Å². The van der Waals surface area contributed by atoms with Crippen molar-refractivity contribution in [3.8, 4) is 0 Å². The Labute approximate surface area is 112 Å². The summed E-state index contributed by atoms with van der Waals surface area (Å²) in [4.78, 5) is 27.5. The second kappa shape index (κ2) is 4.37. The first kappa shape index (κ1) is 11.7. The van der Waals surface area contributed by atoms with Gasteiger partial charge >= 0.3 is 0 Å². The molecule has 1 aliphatic heterocycles. The Morgan fingerprint density at radius 1 is 1.28 bits per heavy atom. The van der Waals surface area contributed by atoms with E-state index in [4.69, 9.17) is 0 Å². The number of aryl methyl sites for hydroxylation is 1. The molecule has 0 bridgehead atoms. The molecule has 3 rings (SSSR count). The van der Waals surface area contributed by atoms with Crippen LogP contribution in [0.25, 0.3) is 10.2 Å². The minimum Gasteiger partial charge on any atom is -0.273 e. The third-order valence-corrected chi connectivity index (χ3v) is 4.84. The van der Waals surface area contributed by atoms with Gasteiger partial charge in [0, 0.05) is 24.8 Å². The Kier molecular flexibility index (Phi) is 2.83. The Hall–Kier alpha value is -1.40. The van der Waals surface area contributed by atoms with Crippen molar-refractivity contribution >= 4 is 45.3 Å². The highest BCUT2D eigenvalue weighted by Crippen LogP contribution is 2.34. The standard InChI is InChI=1S/C12H10N2O2S2/c1-7-2-3-9-8(6-7)13-12(17-9)18-14-10(15)4-5-11(14)16/h2-3,6H,4-5H2,1H3. The van der Waals surface area contributed by atoms with Gasteiger partial charge in [-0.2, -0.15) is 0 Å². The number of benzene rings is 1. The summed E-state index contributed by atoms with van der Waals surface area (Å²) in [5.74, 6) is -0.249. The molecule has 0 atom stereocenters. The van der Waals surface area contributed by atoms with E-state index in [1.54, 1.807) is 0 Å². The lowest BCUT2D eigenvalue weighted by atomic mass is 10.2. The number of carbonyl (C=O) groups is 2. The van der Waals surface area contributed by atoms with Gasteiger partial charge in [-0.3, -0.25) is 9.59 Å². The molecule has 2 aromatic rings. The van der Waals surface area contributed by atoms with Crippen molar-refractivity contribution in [2.24, 2.45) is 0 Å². The number of hydrogen-bond acceptors (Lipinski definition) is 5. The molecule has 6 heteroatoms. The predicted octanol–water partition coefficient (Wildman–Crippen LogP) is 2.76. The first-order valence-corrected chi connectivity index (χ1v) is 7.13. The Balaban J connectivity index is 1.91. The van der Waals surface area contributed by atoms with E-state index in [9.17, 15) is 9.59 Å². The minimum absolute atomic E-state index is 0.125. The van der Waals surface area contributed by atoms with Crippen LogP contribution in [0, 0.1) is 6.92 Å². The fraction of sp³-hybridized carbons (Fsp3) is 0.250. The van der Waals surface area contributed by atoms with E-state index in [2.05, 4.69) is 4.98 Å². The molecule has 1 aromatic heterocycles. The second-order valence-electron chi connectivity index (χ2n) is 4.12. The Morgan fingerprint density at radius 2 is 2.00 bits per heavy atom. The number of carbonyl (C=O) groups excluding carboxylic acids is 2. The van der Waals surface area contributed by atoms with Crippen molar-refractivity contribution in [2.45, 2.75) is 24.1 Å². The van der Waals surface area contributed by atoms with E-state index in [0.29, 0.717) is 12.8 Å². The van der Waals surface area contributed by atoms with Crippen molar-refractivity contribution in [1.82, 2.24) is 9.29 Å². The van der Waals surface area contributed by atoms with Crippen LogP contribution in [-0.4, -0.2) is 21.1 Å². The third kappa shape index (κ3) is 2.02. The van der Waals surface area contributed by atoms with Crippen LogP contribution in [0.1, 0.15) is 18.4 Å². The fourth-order valence-electron chi connectivity index (χ4n) is 1.79. The van der Waals surface area contributed by atoms with Gasteiger partial charge in [-0.15, -0.1) is 11.3 Å². The van der Waals surface area contributed by atoms with Crippen molar-refractivity contribution in [2.75, 3.05) is 0 Å². The molecule has 1 fully saturated rings. The molecule has 18 heavy (non-hydrogen) atoms. The quantitative estimate of drug-likeness (QED) is 0.626. The van der Waals surface area contributed by atoms with Gasteiger partial charge in [0.2, 0.25) is 11.8 Å². The molecule has 4 nitrogen and oxygen atoms in total. The van der Waals surface area contributed by atoms with Crippen LogP contribution in [0.2, 0.25) is 0 Å². The molecule has 1 aliphatic rings. The SMILES string of the molecule is Cc1ccc2sc(SN3C(=O)CCC3=O)nc2c1. The van der Waals surface area contributed by atoms with Crippen molar-refractivity contribution in [1.29, 1.82) is 0 Å². The van der Waals surface area contributed by atoms with E-state index < -0.39 is 0 Å². The summed E-state index contributed by atoms with van der Waals surface area (Å²) in [6.45, 7) is 2.01. The van der Waals surface area contributed by atoms with Gasteiger partial charge in [0.25, 0.3) is 0 Å². The molecular weight excluding hydrogens is 268 g/mol. The third-order valence-electron chi connectivity index (χ3n) is 2.70. The highest BCUT2D eigenvalue weighted by molar-refractivity contribution is 7.99. The number of amides is 2. The molecule has 1 aromatic carbocycles. The zero-order valence-corrected chi connectivity index (χ0v) is 11.3. The van der Waals surface area contributed by atoms with Gasteiger partial charge in [-0.1, -0.05) is 6.07 Å². The molecule has 0 spiro atoms. The molecule has 0 aliphatic carbocycles. The minimum atomic E-state index is -0.125. The van der Waals surface area contributed by atoms with Gasteiger partial charge in [-0.25, -0.2) is 9.29 Å². The maximum absolute atomic E-state index is 11.5. The number of rotatable bonds is 2. The summed E-state index contributed by atoms with van der Waals surface area (Å²) < 4.78 is 3.03. The zero-order valence-electron chi connectivity index (χ0n) is 9.67. The van der Waals surface area contributed by atoms with Crippen molar-refractivity contribution < 1.29 is 9.59 Å². The average Bonchev–Trinajstić information content (AvgIpc) is 2.86. The number of hydrogen-bond donors (Lipinski definition) is 0. The fourth-order valence-corrected chi connectivity index (χ4v) is 3.79. The number of fused-ring (bicyclic) bond motifs is 1. The van der Waals surface area contributed by atoms with Crippen LogP contribution in [-0.2, 0) is 9.59 Å². The van der Waals surface area contributed by atoms with Gasteiger partial charge in [0.05, 0.1) is 10.2 Å². The van der Waals surface area contributed by atoms with Crippen LogP contribution >= 0.6 is 23.3 Å².